The van der Waals surface area contributed by atoms with Crippen molar-refractivity contribution in [2.24, 2.45) is 5.92 Å². The summed E-state index contributed by atoms with van der Waals surface area (Å²) < 4.78 is 0. The van der Waals surface area contributed by atoms with Gasteiger partial charge in [0.25, 0.3) is 0 Å². The molecule has 0 amide bonds. The molecule has 0 saturated heterocycles. The van der Waals surface area contributed by atoms with Gasteiger partial charge in [-0.2, -0.15) is 0 Å². The van der Waals surface area contributed by atoms with Crippen molar-refractivity contribution >= 4 is 18.0 Å². The number of allylic oxidation sites excluding steroid dienone is 4. The van der Waals surface area contributed by atoms with Crippen molar-refractivity contribution in [1.29, 1.82) is 0 Å². The fourth-order valence-electron chi connectivity index (χ4n) is 1.55. The van der Waals surface area contributed by atoms with Crippen LogP contribution in [0.2, 0.25) is 0 Å². The van der Waals surface area contributed by atoms with Gasteiger partial charge in [-0.3, -0.25) is 4.79 Å². The van der Waals surface area contributed by atoms with E-state index in [2.05, 4.69) is 6.08 Å². The van der Waals surface area contributed by atoms with Crippen LogP contribution in [0.5, 0.6) is 0 Å². The van der Waals surface area contributed by atoms with Gasteiger partial charge in [-0.15, -0.1) is 11.8 Å². The maximum absolute atomic E-state index is 10.5. The van der Waals surface area contributed by atoms with Crippen molar-refractivity contribution in [2.45, 2.75) is 5.25 Å². The van der Waals surface area contributed by atoms with Crippen LogP contribution in [0.1, 0.15) is 0 Å². The molecule has 1 N–H and O–H groups in total. The van der Waals surface area contributed by atoms with Gasteiger partial charge in [-0.05, 0) is 0 Å². The second-order valence-electron chi connectivity index (χ2n) is 3.09. The van der Waals surface area contributed by atoms with E-state index < -0.39 is 0 Å². The molecule has 0 saturated carbocycles. The fourth-order valence-corrected chi connectivity index (χ4v) is 2.76. The summed E-state index contributed by atoms with van der Waals surface area (Å²) in [7, 11) is 0. The summed E-state index contributed by atoms with van der Waals surface area (Å²) in [4.78, 5) is 11.5. The minimum atomic E-state index is 0.107. The summed E-state index contributed by atoms with van der Waals surface area (Å²) in [6.45, 7) is 0.107. The average molecular weight is 194 g/mol. The van der Waals surface area contributed by atoms with Gasteiger partial charge in [0.15, 0.2) is 0 Å². The molecule has 68 valence electrons. The molecule has 2 nitrogen and oxygen atoms in total. The molecule has 1 aliphatic carbocycles. The molecule has 1 heterocycles. The number of rotatable bonds is 2. The number of fused-ring (bicyclic) bond motifs is 1. The predicted octanol–water partition coefficient (Wildman–Crippen LogP) is 1.29. The molecule has 2 atom stereocenters. The molecule has 3 heteroatoms. The van der Waals surface area contributed by atoms with E-state index in [0.717, 1.165) is 16.8 Å². The zero-order chi connectivity index (χ0) is 9.26. The van der Waals surface area contributed by atoms with Crippen LogP contribution < -0.4 is 0 Å². The topological polar surface area (TPSA) is 37.3 Å². The number of aldehydes is 1. The van der Waals surface area contributed by atoms with E-state index in [1.165, 1.54) is 0 Å². The van der Waals surface area contributed by atoms with Crippen molar-refractivity contribution in [1.82, 2.24) is 0 Å². The largest absolute Gasteiger partial charge is 0.391 e. The van der Waals surface area contributed by atoms with Crippen molar-refractivity contribution in [3.8, 4) is 0 Å². The third-order valence-corrected chi connectivity index (χ3v) is 3.50. The second-order valence-corrected chi connectivity index (χ2v) is 4.40. The number of aliphatic hydroxyl groups is 1. The van der Waals surface area contributed by atoms with Gasteiger partial charge in [0, 0.05) is 21.6 Å². The highest BCUT2D eigenvalue weighted by Crippen LogP contribution is 2.40. The summed E-state index contributed by atoms with van der Waals surface area (Å²) >= 11 is 1.64. The van der Waals surface area contributed by atoms with Crippen LogP contribution in [0.25, 0.3) is 0 Å². The number of aliphatic hydroxyl groups excluding tert-OH is 1. The van der Waals surface area contributed by atoms with E-state index in [-0.39, 0.29) is 6.61 Å². The van der Waals surface area contributed by atoms with E-state index in [0.29, 0.717) is 11.2 Å². The Morgan fingerprint density at radius 2 is 2.38 bits per heavy atom. The highest BCUT2D eigenvalue weighted by molar-refractivity contribution is 8.04. The predicted molar refractivity (Wildman–Crippen MR) is 53.3 cm³/mol. The molecular formula is C10H10O2S. The summed E-state index contributed by atoms with van der Waals surface area (Å²) in [5.74, 6) is 0.357. The lowest BCUT2D eigenvalue weighted by Crippen LogP contribution is -2.10. The Bertz CT molecular complexity index is 315. The quantitative estimate of drug-likeness (QED) is 0.673. The van der Waals surface area contributed by atoms with Gasteiger partial charge in [0.05, 0.1) is 6.61 Å². The summed E-state index contributed by atoms with van der Waals surface area (Å²) in [5, 5.41) is 9.25. The molecule has 0 spiro atoms. The normalized spacial score (nSPS) is 30.8. The number of hydrogen-bond donors (Lipinski definition) is 1. The third-order valence-electron chi connectivity index (χ3n) is 2.20. The van der Waals surface area contributed by atoms with Gasteiger partial charge in [-0.25, -0.2) is 0 Å². The van der Waals surface area contributed by atoms with E-state index in [4.69, 9.17) is 5.11 Å². The highest BCUT2D eigenvalue weighted by atomic mass is 32.2. The SMILES string of the molecule is O=CC1=CC2SC(CO)=CC2C=C1. The maximum Gasteiger partial charge on any atom is 0.149 e. The summed E-state index contributed by atoms with van der Waals surface area (Å²) in [5.41, 5.74) is 0.737. The number of carbonyl (C=O) groups is 1. The number of carbonyl (C=O) groups excluding carboxylic acids is 1. The lowest BCUT2D eigenvalue weighted by molar-refractivity contribution is -0.104. The standard InChI is InChI=1S/C10H10O2S/c11-5-7-1-2-8-4-9(6-12)13-10(8)3-7/h1-5,8,10,12H,6H2. The van der Waals surface area contributed by atoms with Crippen LogP contribution in [0.4, 0.5) is 0 Å². The van der Waals surface area contributed by atoms with Crippen molar-refractivity contribution in [3.05, 3.63) is 34.8 Å². The molecular weight excluding hydrogens is 184 g/mol. The number of hydrogen-bond acceptors (Lipinski definition) is 3. The van der Waals surface area contributed by atoms with E-state index in [1.807, 2.05) is 18.2 Å². The molecule has 0 bridgehead atoms. The van der Waals surface area contributed by atoms with Gasteiger partial charge in [0.1, 0.15) is 6.29 Å². The summed E-state index contributed by atoms with van der Waals surface area (Å²) in [6.07, 6.45) is 8.74. The maximum atomic E-state index is 10.5. The van der Waals surface area contributed by atoms with Crippen LogP contribution in [-0.2, 0) is 4.79 Å². The Balaban J connectivity index is 2.18. The van der Waals surface area contributed by atoms with Crippen molar-refractivity contribution < 1.29 is 9.90 Å². The Morgan fingerprint density at radius 3 is 3.08 bits per heavy atom. The first-order valence-electron chi connectivity index (χ1n) is 4.17. The second kappa shape index (κ2) is 3.52. The van der Waals surface area contributed by atoms with Crippen LogP contribution in [-0.4, -0.2) is 23.2 Å². The van der Waals surface area contributed by atoms with Crippen molar-refractivity contribution in [2.75, 3.05) is 6.61 Å². The number of thioether (sulfide) groups is 1. The molecule has 2 aliphatic rings. The first-order chi connectivity index (χ1) is 6.33. The van der Waals surface area contributed by atoms with Crippen LogP contribution >= 0.6 is 11.8 Å². The summed E-state index contributed by atoms with van der Waals surface area (Å²) in [6, 6.07) is 0. The zero-order valence-electron chi connectivity index (χ0n) is 7.01. The minimum absolute atomic E-state index is 0.107. The van der Waals surface area contributed by atoms with E-state index >= 15 is 0 Å². The van der Waals surface area contributed by atoms with Crippen LogP contribution in [0.3, 0.4) is 0 Å². The molecule has 1 aliphatic heterocycles. The van der Waals surface area contributed by atoms with E-state index in [9.17, 15) is 4.79 Å². The minimum Gasteiger partial charge on any atom is -0.391 e. The Hall–Kier alpha value is -0.800. The molecule has 0 aromatic rings. The molecule has 2 unspecified atom stereocenters. The fraction of sp³-hybridized carbons (Fsp3) is 0.300. The molecule has 13 heavy (non-hydrogen) atoms. The van der Waals surface area contributed by atoms with Gasteiger partial charge in [-0.1, -0.05) is 24.3 Å². The van der Waals surface area contributed by atoms with Gasteiger partial charge >= 0.3 is 0 Å². The van der Waals surface area contributed by atoms with Crippen LogP contribution in [0.15, 0.2) is 34.8 Å². The molecule has 2 rings (SSSR count). The Labute approximate surface area is 81.0 Å². The monoisotopic (exact) mass is 194 g/mol. The zero-order valence-corrected chi connectivity index (χ0v) is 7.83. The van der Waals surface area contributed by atoms with Crippen molar-refractivity contribution in [3.63, 3.8) is 0 Å². The van der Waals surface area contributed by atoms with Gasteiger partial charge < -0.3 is 5.11 Å². The smallest absolute Gasteiger partial charge is 0.149 e. The molecule has 0 aromatic heterocycles. The first-order valence-corrected chi connectivity index (χ1v) is 5.05. The molecule has 0 fully saturated rings. The van der Waals surface area contributed by atoms with Crippen LogP contribution in [0, 0.1) is 5.92 Å². The first kappa shape index (κ1) is 8.78. The highest BCUT2D eigenvalue weighted by Gasteiger charge is 2.26. The Morgan fingerprint density at radius 1 is 1.54 bits per heavy atom. The lowest BCUT2D eigenvalue weighted by atomic mass is 9.96. The third kappa shape index (κ3) is 1.62. The van der Waals surface area contributed by atoms with Gasteiger partial charge in [0.2, 0.25) is 0 Å². The average Bonchev–Trinajstić information content (AvgIpc) is 2.58. The molecule has 0 aromatic carbocycles. The van der Waals surface area contributed by atoms with E-state index in [1.54, 1.807) is 11.8 Å². The Kier molecular flexibility index (Phi) is 2.38. The molecule has 0 radical (unpaired) electrons. The lowest BCUT2D eigenvalue weighted by Gasteiger charge is -2.15.